The zero-order valence-corrected chi connectivity index (χ0v) is 16.5. The summed E-state index contributed by atoms with van der Waals surface area (Å²) in [6.07, 6.45) is 7.21. The molecule has 27 heavy (non-hydrogen) atoms. The Hall–Kier alpha value is -1.88. The standard InChI is InChI=1S/C22H33N3O2/c1-17-7-5-6-10-20(17)24-22(27)16-25-13-11-19(12-14-25)23-21(26)15-18-8-3-2-4-9-18/h2-4,8-9,17,19-20H,5-7,10-16H2,1H3,(H,23,26)(H,24,27)/p+1/t17-,20+/m1/s1. The van der Waals surface area contributed by atoms with Gasteiger partial charge in [0.15, 0.2) is 6.54 Å². The summed E-state index contributed by atoms with van der Waals surface area (Å²) in [7, 11) is 0. The fourth-order valence-electron chi connectivity index (χ4n) is 4.42. The molecule has 2 atom stereocenters. The minimum absolute atomic E-state index is 0.0960. The van der Waals surface area contributed by atoms with Crippen LogP contribution in [0.4, 0.5) is 0 Å². The van der Waals surface area contributed by atoms with Crippen LogP contribution in [0.15, 0.2) is 30.3 Å². The molecular formula is C22H34N3O2+. The summed E-state index contributed by atoms with van der Waals surface area (Å²) in [5.41, 5.74) is 1.05. The molecule has 0 unspecified atom stereocenters. The van der Waals surface area contributed by atoms with Gasteiger partial charge in [0.25, 0.3) is 5.91 Å². The molecular weight excluding hydrogens is 338 g/mol. The van der Waals surface area contributed by atoms with Gasteiger partial charge in [0, 0.05) is 24.9 Å². The predicted molar refractivity (Wildman–Crippen MR) is 106 cm³/mol. The highest BCUT2D eigenvalue weighted by molar-refractivity contribution is 5.79. The topological polar surface area (TPSA) is 62.6 Å². The maximum absolute atomic E-state index is 12.4. The van der Waals surface area contributed by atoms with E-state index in [-0.39, 0.29) is 17.9 Å². The van der Waals surface area contributed by atoms with E-state index in [1.165, 1.54) is 24.2 Å². The van der Waals surface area contributed by atoms with E-state index in [1.807, 2.05) is 30.3 Å². The van der Waals surface area contributed by atoms with Gasteiger partial charge in [0.2, 0.25) is 5.91 Å². The van der Waals surface area contributed by atoms with Crippen molar-refractivity contribution in [3.05, 3.63) is 35.9 Å². The minimum atomic E-state index is 0.0960. The van der Waals surface area contributed by atoms with Crippen molar-refractivity contribution in [3.63, 3.8) is 0 Å². The minimum Gasteiger partial charge on any atom is -0.353 e. The summed E-state index contributed by atoms with van der Waals surface area (Å²) < 4.78 is 0. The Bertz CT molecular complexity index is 611. The lowest BCUT2D eigenvalue weighted by molar-refractivity contribution is -0.897. The van der Waals surface area contributed by atoms with Gasteiger partial charge < -0.3 is 15.5 Å². The van der Waals surface area contributed by atoms with Crippen molar-refractivity contribution in [2.75, 3.05) is 19.6 Å². The number of piperidine rings is 1. The molecule has 1 aliphatic heterocycles. The molecule has 0 spiro atoms. The molecule has 148 valence electrons. The molecule has 1 saturated heterocycles. The summed E-state index contributed by atoms with van der Waals surface area (Å²) >= 11 is 0. The monoisotopic (exact) mass is 372 g/mol. The largest absolute Gasteiger partial charge is 0.353 e. The van der Waals surface area contributed by atoms with Gasteiger partial charge in [-0.2, -0.15) is 0 Å². The Kier molecular flexibility index (Phi) is 7.27. The van der Waals surface area contributed by atoms with Crippen LogP contribution in [0.25, 0.3) is 0 Å². The highest BCUT2D eigenvalue weighted by atomic mass is 16.2. The van der Waals surface area contributed by atoms with Crippen LogP contribution in [0.2, 0.25) is 0 Å². The zero-order chi connectivity index (χ0) is 19.1. The highest BCUT2D eigenvalue weighted by Crippen LogP contribution is 2.23. The molecule has 3 N–H and O–H groups in total. The number of carbonyl (C=O) groups is 2. The van der Waals surface area contributed by atoms with Gasteiger partial charge in [0.05, 0.1) is 19.5 Å². The van der Waals surface area contributed by atoms with E-state index >= 15 is 0 Å². The number of likely N-dealkylation sites (tertiary alicyclic amines) is 1. The molecule has 2 amide bonds. The van der Waals surface area contributed by atoms with Gasteiger partial charge >= 0.3 is 0 Å². The van der Waals surface area contributed by atoms with Crippen molar-refractivity contribution in [1.29, 1.82) is 0 Å². The number of nitrogens with one attached hydrogen (secondary N) is 3. The first kappa shape index (κ1) is 19.9. The smallest absolute Gasteiger partial charge is 0.275 e. The molecule has 1 aromatic rings. The number of hydrogen-bond donors (Lipinski definition) is 3. The molecule has 2 fully saturated rings. The SMILES string of the molecule is C[C@@H]1CCCC[C@@H]1NC(=O)C[NH+]1CCC(NC(=O)Cc2ccccc2)CC1. The van der Waals surface area contributed by atoms with Gasteiger partial charge in [-0.25, -0.2) is 0 Å². The van der Waals surface area contributed by atoms with Crippen molar-refractivity contribution in [2.24, 2.45) is 5.92 Å². The predicted octanol–water partition coefficient (Wildman–Crippen LogP) is 1.09. The second-order valence-electron chi connectivity index (χ2n) is 8.37. The first-order chi connectivity index (χ1) is 13.1. The summed E-state index contributed by atoms with van der Waals surface area (Å²) in [5, 5.41) is 6.42. The number of quaternary nitrogens is 1. The van der Waals surface area contributed by atoms with Crippen molar-refractivity contribution in [3.8, 4) is 0 Å². The number of benzene rings is 1. The van der Waals surface area contributed by atoms with Crippen molar-refractivity contribution < 1.29 is 14.5 Å². The van der Waals surface area contributed by atoms with E-state index in [4.69, 9.17) is 0 Å². The van der Waals surface area contributed by atoms with Crippen LogP contribution in [0.5, 0.6) is 0 Å². The zero-order valence-electron chi connectivity index (χ0n) is 16.5. The first-order valence-corrected chi connectivity index (χ1v) is 10.6. The van der Waals surface area contributed by atoms with Gasteiger partial charge in [-0.05, 0) is 24.3 Å². The molecule has 0 bridgehead atoms. The van der Waals surface area contributed by atoms with Crippen LogP contribution in [0, 0.1) is 5.92 Å². The number of hydrogen-bond acceptors (Lipinski definition) is 2. The number of amides is 2. The Morgan fingerprint density at radius 1 is 0.963 bits per heavy atom. The highest BCUT2D eigenvalue weighted by Gasteiger charge is 2.27. The Balaban J connectivity index is 1.34. The fraction of sp³-hybridized carbons (Fsp3) is 0.636. The van der Waals surface area contributed by atoms with Gasteiger partial charge in [0.1, 0.15) is 0 Å². The molecule has 5 nitrogen and oxygen atoms in total. The first-order valence-electron chi connectivity index (χ1n) is 10.6. The summed E-state index contributed by atoms with van der Waals surface area (Å²) in [6, 6.07) is 10.5. The lowest BCUT2D eigenvalue weighted by Crippen LogP contribution is -3.14. The molecule has 2 aliphatic rings. The van der Waals surface area contributed by atoms with E-state index in [0.717, 1.165) is 37.9 Å². The molecule has 1 saturated carbocycles. The molecule has 5 heteroatoms. The van der Waals surface area contributed by atoms with Crippen LogP contribution in [-0.2, 0) is 16.0 Å². The summed E-state index contributed by atoms with van der Waals surface area (Å²) in [4.78, 5) is 25.9. The van der Waals surface area contributed by atoms with Gasteiger partial charge in [-0.1, -0.05) is 50.1 Å². The molecule has 1 aliphatic carbocycles. The molecule has 0 radical (unpaired) electrons. The normalized spacial score (nSPS) is 28.3. The van der Waals surface area contributed by atoms with E-state index in [0.29, 0.717) is 24.9 Å². The number of rotatable bonds is 6. The van der Waals surface area contributed by atoms with Crippen LogP contribution in [-0.4, -0.2) is 43.5 Å². The summed E-state index contributed by atoms with van der Waals surface area (Å²) in [5.74, 6) is 0.886. The van der Waals surface area contributed by atoms with Crippen molar-refractivity contribution in [1.82, 2.24) is 10.6 Å². The molecule has 0 aromatic heterocycles. The maximum Gasteiger partial charge on any atom is 0.275 e. The van der Waals surface area contributed by atoms with Gasteiger partial charge in [-0.15, -0.1) is 0 Å². The second-order valence-corrected chi connectivity index (χ2v) is 8.37. The van der Waals surface area contributed by atoms with Crippen LogP contribution < -0.4 is 15.5 Å². The average molecular weight is 373 g/mol. The Labute approximate surface area is 162 Å². The van der Waals surface area contributed by atoms with Crippen molar-refractivity contribution in [2.45, 2.75) is 64.0 Å². The lowest BCUT2D eigenvalue weighted by atomic mass is 9.86. The van der Waals surface area contributed by atoms with E-state index in [9.17, 15) is 9.59 Å². The number of carbonyl (C=O) groups excluding carboxylic acids is 2. The van der Waals surface area contributed by atoms with Gasteiger partial charge in [-0.3, -0.25) is 9.59 Å². The molecule has 1 heterocycles. The molecule has 3 rings (SSSR count). The summed E-state index contributed by atoms with van der Waals surface area (Å²) in [6.45, 7) is 4.71. The second kappa shape index (κ2) is 9.88. The van der Waals surface area contributed by atoms with Crippen LogP contribution >= 0.6 is 0 Å². The third kappa shape index (κ3) is 6.35. The van der Waals surface area contributed by atoms with E-state index in [2.05, 4.69) is 17.6 Å². The van der Waals surface area contributed by atoms with E-state index < -0.39 is 0 Å². The van der Waals surface area contributed by atoms with Crippen molar-refractivity contribution >= 4 is 11.8 Å². The Morgan fingerprint density at radius 2 is 1.67 bits per heavy atom. The Morgan fingerprint density at radius 3 is 2.37 bits per heavy atom. The average Bonchev–Trinajstić information content (AvgIpc) is 2.66. The third-order valence-electron chi connectivity index (χ3n) is 6.13. The van der Waals surface area contributed by atoms with E-state index in [1.54, 1.807) is 0 Å². The third-order valence-corrected chi connectivity index (χ3v) is 6.13. The lowest BCUT2D eigenvalue weighted by Gasteiger charge is -2.32. The fourth-order valence-corrected chi connectivity index (χ4v) is 4.42. The molecule has 1 aromatic carbocycles. The quantitative estimate of drug-likeness (QED) is 0.700. The van der Waals surface area contributed by atoms with Crippen LogP contribution in [0.3, 0.4) is 0 Å². The van der Waals surface area contributed by atoms with Crippen LogP contribution in [0.1, 0.15) is 51.0 Å². The maximum atomic E-state index is 12.4.